The third-order valence-corrected chi connectivity index (χ3v) is 3.25. The lowest BCUT2D eigenvalue weighted by Crippen LogP contribution is -2.07. The first-order valence-electron chi connectivity index (χ1n) is 7.64. The van der Waals surface area contributed by atoms with Crippen molar-refractivity contribution in [3.63, 3.8) is 0 Å². The minimum atomic E-state index is -0.537. The zero-order valence-corrected chi connectivity index (χ0v) is 14.0. The molecule has 0 amide bonds. The molecule has 0 atom stereocenters. The highest BCUT2D eigenvalue weighted by molar-refractivity contribution is 5.86. The molecule has 0 N–H and O–H groups in total. The molecule has 2 aromatic carbocycles. The van der Waals surface area contributed by atoms with E-state index in [4.69, 9.17) is 18.6 Å². The average molecular weight is 354 g/mol. The van der Waals surface area contributed by atoms with Crippen molar-refractivity contribution in [1.82, 2.24) is 0 Å². The van der Waals surface area contributed by atoms with Crippen LogP contribution >= 0.6 is 0 Å². The highest BCUT2D eigenvalue weighted by Crippen LogP contribution is 2.28. The van der Waals surface area contributed by atoms with Gasteiger partial charge in [0.05, 0.1) is 6.07 Å². The van der Waals surface area contributed by atoms with Gasteiger partial charge in [0.2, 0.25) is 0 Å². The molecule has 0 bridgehead atoms. The molecule has 0 radical (unpaired) electrons. The first kappa shape index (κ1) is 17.2. The largest absolute Gasteiger partial charge is 0.427 e. The van der Waals surface area contributed by atoms with E-state index in [1.54, 1.807) is 36.4 Å². The number of carbonyl (C=O) groups is 2. The maximum absolute atomic E-state index is 12.4. The number of hydrogen-bond donors (Lipinski definition) is 0. The van der Waals surface area contributed by atoms with Gasteiger partial charge in [0, 0.05) is 13.8 Å². The standard InChI is InChI=1S/C19H14O7/c1-11(20)23-13-6-8-14(9-7-13)25-18-10-15(22)19-16(24-12(2)21)4-3-5-17(19)26-18/h3-10H,1-2H3. The second-order valence-electron chi connectivity index (χ2n) is 5.32. The molecule has 1 heterocycles. The van der Waals surface area contributed by atoms with Crippen LogP contribution in [0.3, 0.4) is 0 Å². The van der Waals surface area contributed by atoms with Gasteiger partial charge in [-0.05, 0) is 36.4 Å². The molecule has 132 valence electrons. The van der Waals surface area contributed by atoms with Crippen LogP contribution in [0.4, 0.5) is 0 Å². The zero-order chi connectivity index (χ0) is 18.7. The summed E-state index contributed by atoms with van der Waals surface area (Å²) in [6.07, 6.45) is 0. The number of fused-ring (bicyclic) bond motifs is 1. The number of carbonyl (C=O) groups excluding carboxylic acids is 2. The molecule has 3 aromatic rings. The van der Waals surface area contributed by atoms with Gasteiger partial charge in [-0.3, -0.25) is 14.4 Å². The van der Waals surface area contributed by atoms with E-state index in [2.05, 4.69) is 0 Å². The van der Waals surface area contributed by atoms with Crippen LogP contribution in [0.25, 0.3) is 11.0 Å². The van der Waals surface area contributed by atoms with Crippen LogP contribution in [0.5, 0.6) is 23.2 Å². The number of hydrogen-bond acceptors (Lipinski definition) is 7. The summed E-state index contributed by atoms with van der Waals surface area (Å²) in [6, 6.07) is 12.1. The van der Waals surface area contributed by atoms with Crippen molar-refractivity contribution in [2.75, 3.05) is 0 Å². The van der Waals surface area contributed by atoms with Crippen LogP contribution in [-0.2, 0) is 9.59 Å². The topological polar surface area (TPSA) is 92.0 Å². The molecular formula is C19H14O7. The Kier molecular flexibility index (Phi) is 4.70. The second-order valence-corrected chi connectivity index (χ2v) is 5.32. The van der Waals surface area contributed by atoms with Gasteiger partial charge in [-0.15, -0.1) is 0 Å². The minimum Gasteiger partial charge on any atom is -0.427 e. The van der Waals surface area contributed by atoms with Crippen LogP contribution < -0.4 is 19.6 Å². The van der Waals surface area contributed by atoms with E-state index >= 15 is 0 Å². The van der Waals surface area contributed by atoms with Gasteiger partial charge in [0.1, 0.15) is 28.2 Å². The number of benzene rings is 2. The molecule has 3 rings (SSSR count). The van der Waals surface area contributed by atoms with Gasteiger partial charge in [0.15, 0.2) is 5.43 Å². The number of rotatable bonds is 4. The van der Waals surface area contributed by atoms with Crippen molar-refractivity contribution >= 4 is 22.9 Å². The van der Waals surface area contributed by atoms with Crippen molar-refractivity contribution < 1.29 is 28.2 Å². The Morgan fingerprint density at radius 3 is 2.19 bits per heavy atom. The maximum Gasteiger partial charge on any atom is 0.308 e. The van der Waals surface area contributed by atoms with Gasteiger partial charge >= 0.3 is 11.9 Å². The summed E-state index contributed by atoms with van der Waals surface area (Å²) in [5.41, 5.74) is -0.183. The lowest BCUT2D eigenvalue weighted by Gasteiger charge is -2.08. The summed E-state index contributed by atoms with van der Waals surface area (Å²) in [7, 11) is 0. The van der Waals surface area contributed by atoms with Crippen molar-refractivity contribution in [2.45, 2.75) is 13.8 Å². The van der Waals surface area contributed by atoms with Crippen LogP contribution in [0.15, 0.2) is 57.7 Å². The fourth-order valence-corrected chi connectivity index (χ4v) is 2.30. The van der Waals surface area contributed by atoms with Crippen molar-refractivity contribution in [3.8, 4) is 23.2 Å². The highest BCUT2D eigenvalue weighted by atomic mass is 16.6. The van der Waals surface area contributed by atoms with Gasteiger partial charge in [-0.25, -0.2) is 0 Å². The van der Waals surface area contributed by atoms with Crippen LogP contribution in [-0.4, -0.2) is 11.9 Å². The third-order valence-electron chi connectivity index (χ3n) is 3.25. The second kappa shape index (κ2) is 7.10. The molecule has 0 fully saturated rings. The van der Waals surface area contributed by atoms with E-state index in [0.29, 0.717) is 11.5 Å². The molecule has 1 aromatic heterocycles. The average Bonchev–Trinajstić information content (AvgIpc) is 2.55. The maximum atomic E-state index is 12.4. The minimum absolute atomic E-state index is 0.0253. The molecule has 0 aliphatic rings. The van der Waals surface area contributed by atoms with Gasteiger partial charge in [0.25, 0.3) is 5.95 Å². The van der Waals surface area contributed by atoms with Crippen LogP contribution in [0.1, 0.15) is 13.8 Å². The molecule has 0 aliphatic heterocycles. The summed E-state index contributed by atoms with van der Waals surface area (Å²) >= 11 is 0. The molecule has 0 saturated carbocycles. The molecule has 0 spiro atoms. The van der Waals surface area contributed by atoms with E-state index in [0.717, 1.165) is 6.07 Å². The Balaban J connectivity index is 1.91. The SMILES string of the molecule is CC(=O)Oc1ccc(Oc2cc(=O)c3c(OC(C)=O)cccc3o2)cc1. The normalized spacial score (nSPS) is 10.4. The first-order chi connectivity index (χ1) is 12.4. The van der Waals surface area contributed by atoms with Crippen LogP contribution in [0.2, 0.25) is 0 Å². The molecule has 0 unspecified atom stereocenters. The molecular weight excluding hydrogens is 340 g/mol. The highest BCUT2D eigenvalue weighted by Gasteiger charge is 2.13. The first-order valence-corrected chi connectivity index (χ1v) is 7.64. The lowest BCUT2D eigenvalue weighted by atomic mass is 10.2. The van der Waals surface area contributed by atoms with Gasteiger partial charge < -0.3 is 18.6 Å². The Hall–Kier alpha value is -3.61. The molecule has 0 saturated heterocycles. The van der Waals surface area contributed by atoms with Crippen molar-refractivity contribution in [2.24, 2.45) is 0 Å². The molecule has 0 aliphatic carbocycles. The van der Waals surface area contributed by atoms with E-state index in [1.165, 1.54) is 19.9 Å². The summed E-state index contributed by atoms with van der Waals surface area (Å²) in [5, 5.41) is 0.153. The smallest absolute Gasteiger partial charge is 0.308 e. The van der Waals surface area contributed by atoms with Gasteiger partial charge in [-0.1, -0.05) is 6.07 Å². The van der Waals surface area contributed by atoms with E-state index in [1.807, 2.05) is 0 Å². The summed E-state index contributed by atoms with van der Waals surface area (Å²) < 4.78 is 21.1. The Morgan fingerprint density at radius 1 is 0.885 bits per heavy atom. The van der Waals surface area contributed by atoms with Crippen LogP contribution in [0, 0.1) is 0 Å². The van der Waals surface area contributed by atoms with E-state index in [9.17, 15) is 14.4 Å². The van der Waals surface area contributed by atoms with E-state index < -0.39 is 17.4 Å². The van der Waals surface area contributed by atoms with Crippen molar-refractivity contribution in [1.29, 1.82) is 0 Å². The fraction of sp³-hybridized carbons (Fsp3) is 0.105. The van der Waals surface area contributed by atoms with E-state index in [-0.39, 0.29) is 22.7 Å². The molecule has 7 nitrogen and oxygen atoms in total. The van der Waals surface area contributed by atoms with Gasteiger partial charge in [-0.2, -0.15) is 0 Å². The monoisotopic (exact) mass is 354 g/mol. The predicted octanol–water partition coefficient (Wildman–Crippen LogP) is 3.44. The quantitative estimate of drug-likeness (QED) is 0.523. The fourth-order valence-electron chi connectivity index (χ4n) is 2.30. The lowest BCUT2D eigenvalue weighted by molar-refractivity contribution is -0.132. The summed E-state index contributed by atoms with van der Waals surface area (Å²) in [5.74, 6) is -0.105. The Morgan fingerprint density at radius 2 is 1.54 bits per heavy atom. The Bertz CT molecular complexity index is 1030. The molecule has 26 heavy (non-hydrogen) atoms. The Labute approximate surface area is 147 Å². The summed E-state index contributed by atoms with van der Waals surface area (Å²) in [4.78, 5) is 34.4. The van der Waals surface area contributed by atoms with Crippen molar-refractivity contribution in [3.05, 3.63) is 58.8 Å². The zero-order valence-electron chi connectivity index (χ0n) is 14.0. The molecule has 7 heteroatoms. The predicted molar refractivity (Wildman–Crippen MR) is 91.6 cm³/mol. The third kappa shape index (κ3) is 3.89. The number of esters is 2. The summed E-state index contributed by atoms with van der Waals surface area (Å²) in [6.45, 7) is 2.55. The number of ether oxygens (including phenoxy) is 3.